The number of carbonyl (C=O) groups is 1. The Bertz CT molecular complexity index is 597. The quantitative estimate of drug-likeness (QED) is 0.576. The topological polar surface area (TPSA) is 79.8 Å². The molecule has 116 valence electrons. The third kappa shape index (κ3) is 4.92. The first-order valence-corrected chi connectivity index (χ1v) is 7.98. The second-order valence-electron chi connectivity index (χ2n) is 4.90. The molecule has 0 fully saturated rings. The molecule has 2 rings (SSSR count). The Morgan fingerprint density at radius 3 is 3.00 bits per heavy atom. The van der Waals surface area contributed by atoms with E-state index < -0.39 is 0 Å². The number of amides is 1. The summed E-state index contributed by atoms with van der Waals surface area (Å²) in [7, 11) is 0. The number of pyridine rings is 1. The standard InChI is InChI=1S/C15H19N5OS/c1-3-4-5-6-11(2)18-13-8-7-12(9-16-13)14(21)19-15-20-17-10-22-15/h3,7-11H,1,4-6H2,2H3,(H,16,18)(H,19,20,21). The molecule has 2 N–H and O–H groups in total. The fraction of sp³-hybridized carbons (Fsp3) is 0.333. The van der Waals surface area contributed by atoms with Crippen LogP contribution in [0.4, 0.5) is 10.9 Å². The predicted octanol–water partition coefficient (Wildman–Crippen LogP) is 3.34. The lowest BCUT2D eigenvalue weighted by atomic mass is 10.1. The summed E-state index contributed by atoms with van der Waals surface area (Å²) in [5.41, 5.74) is 2.05. The van der Waals surface area contributed by atoms with Crippen LogP contribution in [0.3, 0.4) is 0 Å². The molecule has 2 heterocycles. The molecule has 0 radical (unpaired) electrons. The van der Waals surface area contributed by atoms with E-state index in [-0.39, 0.29) is 5.91 Å². The third-order valence-electron chi connectivity index (χ3n) is 3.05. The summed E-state index contributed by atoms with van der Waals surface area (Å²) in [4.78, 5) is 16.3. The average Bonchev–Trinajstić information content (AvgIpc) is 3.01. The van der Waals surface area contributed by atoms with Crippen molar-refractivity contribution in [3.05, 3.63) is 42.1 Å². The molecule has 0 aromatic carbocycles. The van der Waals surface area contributed by atoms with Crippen LogP contribution in [-0.2, 0) is 0 Å². The van der Waals surface area contributed by atoms with Gasteiger partial charge in [-0.3, -0.25) is 10.1 Å². The van der Waals surface area contributed by atoms with Crippen LogP contribution in [0.2, 0.25) is 0 Å². The molecule has 1 atom stereocenters. The van der Waals surface area contributed by atoms with Gasteiger partial charge in [-0.05, 0) is 38.3 Å². The van der Waals surface area contributed by atoms with Gasteiger partial charge in [-0.1, -0.05) is 17.4 Å². The molecule has 0 aliphatic heterocycles. The molecule has 2 aromatic heterocycles. The molecule has 0 saturated heterocycles. The van der Waals surface area contributed by atoms with E-state index in [1.54, 1.807) is 23.8 Å². The summed E-state index contributed by atoms with van der Waals surface area (Å²) in [6.45, 7) is 5.83. The number of hydrogen-bond acceptors (Lipinski definition) is 6. The van der Waals surface area contributed by atoms with Crippen LogP contribution in [0.1, 0.15) is 36.5 Å². The lowest BCUT2D eigenvalue weighted by molar-refractivity contribution is 0.102. The average molecular weight is 317 g/mol. The van der Waals surface area contributed by atoms with Crippen molar-refractivity contribution < 1.29 is 4.79 Å². The van der Waals surface area contributed by atoms with Crippen molar-refractivity contribution in [3.8, 4) is 0 Å². The minimum atomic E-state index is -0.241. The Morgan fingerprint density at radius 2 is 2.36 bits per heavy atom. The van der Waals surface area contributed by atoms with Gasteiger partial charge in [-0.15, -0.1) is 16.8 Å². The Balaban J connectivity index is 1.86. The first-order valence-electron chi connectivity index (χ1n) is 7.10. The molecule has 7 heteroatoms. The van der Waals surface area contributed by atoms with Crippen LogP contribution >= 0.6 is 11.3 Å². The molecular formula is C15H19N5OS. The molecule has 0 spiro atoms. The van der Waals surface area contributed by atoms with Crippen LogP contribution < -0.4 is 10.6 Å². The summed E-state index contributed by atoms with van der Waals surface area (Å²) >= 11 is 1.27. The zero-order valence-corrected chi connectivity index (χ0v) is 13.3. The van der Waals surface area contributed by atoms with Gasteiger partial charge in [-0.2, -0.15) is 0 Å². The molecule has 2 aromatic rings. The highest BCUT2D eigenvalue weighted by Gasteiger charge is 2.09. The lowest BCUT2D eigenvalue weighted by Gasteiger charge is -2.14. The van der Waals surface area contributed by atoms with Crippen LogP contribution in [-0.4, -0.2) is 27.1 Å². The van der Waals surface area contributed by atoms with Gasteiger partial charge in [0.2, 0.25) is 5.13 Å². The van der Waals surface area contributed by atoms with Crippen LogP contribution in [0.5, 0.6) is 0 Å². The lowest BCUT2D eigenvalue weighted by Crippen LogP contribution is -2.16. The number of nitrogens with one attached hydrogen (secondary N) is 2. The predicted molar refractivity (Wildman–Crippen MR) is 89.2 cm³/mol. The molecule has 0 bridgehead atoms. The fourth-order valence-electron chi connectivity index (χ4n) is 1.90. The summed E-state index contributed by atoms with van der Waals surface area (Å²) < 4.78 is 0. The summed E-state index contributed by atoms with van der Waals surface area (Å²) in [5.74, 6) is 0.522. The second kappa shape index (κ2) is 8.23. The smallest absolute Gasteiger partial charge is 0.259 e. The number of aromatic nitrogens is 3. The highest BCUT2D eigenvalue weighted by Crippen LogP contribution is 2.13. The maximum atomic E-state index is 12.0. The zero-order valence-electron chi connectivity index (χ0n) is 12.5. The van der Waals surface area contributed by atoms with Crippen molar-refractivity contribution in [2.45, 2.75) is 32.2 Å². The third-order valence-corrected chi connectivity index (χ3v) is 3.65. The van der Waals surface area contributed by atoms with E-state index in [4.69, 9.17) is 0 Å². The largest absolute Gasteiger partial charge is 0.368 e. The van der Waals surface area contributed by atoms with E-state index in [1.807, 2.05) is 6.08 Å². The molecule has 6 nitrogen and oxygen atoms in total. The van der Waals surface area contributed by atoms with Crippen LogP contribution in [0.25, 0.3) is 0 Å². The highest BCUT2D eigenvalue weighted by molar-refractivity contribution is 7.13. The normalized spacial score (nSPS) is 11.7. The molecule has 0 saturated carbocycles. The van der Waals surface area contributed by atoms with Crippen molar-refractivity contribution in [2.75, 3.05) is 10.6 Å². The summed E-state index contributed by atoms with van der Waals surface area (Å²) in [5, 5.41) is 13.9. The van der Waals surface area contributed by atoms with Crippen molar-refractivity contribution >= 4 is 28.2 Å². The van der Waals surface area contributed by atoms with E-state index in [1.165, 1.54) is 11.3 Å². The SMILES string of the molecule is C=CCCCC(C)Nc1ccc(C(=O)Nc2nncs2)cn1. The first-order chi connectivity index (χ1) is 10.7. The summed E-state index contributed by atoms with van der Waals surface area (Å²) in [6, 6.07) is 3.87. The van der Waals surface area contributed by atoms with Crippen molar-refractivity contribution in [1.82, 2.24) is 15.2 Å². The number of anilines is 2. The van der Waals surface area contributed by atoms with E-state index >= 15 is 0 Å². The van der Waals surface area contributed by atoms with Gasteiger partial charge in [0.15, 0.2) is 0 Å². The molecule has 0 aliphatic rings. The molecule has 0 aliphatic carbocycles. The number of allylic oxidation sites excluding steroid dienone is 1. The maximum Gasteiger partial charge on any atom is 0.259 e. The van der Waals surface area contributed by atoms with Crippen LogP contribution in [0, 0.1) is 0 Å². The Labute approximate surface area is 133 Å². The van der Waals surface area contributed by atoms with Crippen LogP contribution in [0.15, 0.2) is 36.5 Å². The van der Waals surface area contributed by atoms with Gasteiger partial charge >= 0.3 is 0 Å². The Morgan fingerprint density at radius 1 is 1.50 bits per heavy atom. The first kappa shape index (κ1) is 16.1. The highest BCUT2D eigenvalue weighted by atomic mass is 32.1. The van der Waals surface area contributed by atoms with Gasteiger partial charge < -0.3 is 5.32 Å². The van der Waals surface area contributed by atoms with Gasteiger partial charge in [-0.25, -0.2) is 4.98 Å². The maximum absolute atomic E-state index is 12.0. The second-order valence-corrected chi connectivity index (χ2v) is 5.73. The molecule has 1 amide bonds. The van der Waals surface area contributed by atoms with Crippen molar-refractivity contribution in [3.63, 3.8) is 0 Å². The number of rotatable bonds is 8. The molecule has 1 unspecified atom stereocenters. The van der Waals surface area contributed by atoms with E-state index in [2.05, 4.69) is 39.3 Å². The van der Waals surface area contributed by atoms with Gasteiger partial charge in [0, 0.05) is 12.2 Å². The van der Waals surface area contributed by atoms with E-state index in [0.29, 0.717) is 16.7 Å². The Hall–Kier alpha value is -2.28. The minimum Gasteiger partial charge on any atom is -0.368 e. The van der Waals surface area contributed by atoms with Gasteiger partial charge in [0.25, 0.3) is 5.91 Å². The number of nitrogens with zero attached hydrogens (tertiary/aromatic N) is 3. The zero-order chi connectivity index (χ0) is 15.8. The van der Waals surface area contributed by atoms with E-state index in [9.17, 15) is 4.79 Å². The molecular weight excluding hydrogens is 298 g/mol. The van der Waals surface area contributed by atoms with E-state index in [0.717, 1.165) is 25.1 Å². The van der Waals surface area contributed by atoms with Gasteiger partial charge in [0.1, 0.15) is 11.3 Å². The minimum absolute atomic E-state index is 0.241. The fourth-order valence-corrected chi connectivity index (χ4v) is 2.34. The number of hydrogen-bond donors (Lipinski definition) is 2. The van der Waals surface area contributed by atoms with Crippen molar-refractivity contribution in [1.29, 1.82) is 0 Å². The van der Waals surface area contributed by atoms with Crippen molar-refractivity contribution in [2.24, 2.45) is 0 Å². The summed E-state index contributed by atoms with van der Waals surface area (Å²) in [6.07, 6.45) is 6.64. The monoisotopic (exact) mass is 317 g/mol. The van der Waals surface area contributed by atoms with Gasteiger partial charge in [0.05, 0.1) is 5.56 Å². The Kier molecular flexibility index (Phi) is 6.02. The number of unbranched alkanes of at least 4 members (excludes halogenated alkanes) is 1. The number of carbonyl (C=O) groups excluding carboxylic acids is 1. The molecule has 22 heavy (non-hydrogen) atoms.